The number of hydrogen-bond acceptors (Lipinski definition) is 7. The van der Waals surface area contributed by atoms with Gasteiger partial charge in [0.15, 0.2) is 11.6 Å². The van der Waals surface area contributed by atoms with Crippen LogP contribution in [0.1, 0.15) is 74.4 Å². The van der Waals surface area contributed by atoms with Crippen molar-refractivity contribution in [2.45, 2.75) is 88.1 Å². The number of aliphatic hydroxyl groups excluding tert-OH is 1. The molecule has 6 rings (SSSR count). The van der Waals surface area contributed by atoms with Gasteiger partial charge in [-0.3, -0.25) is 0 Å². The molecule has 4 aliphatic rings. The number of hydrogen-bond donors (Lipinski definition) is 1. The van der Waals surface area contributed by atoms with E-state index < -0.39 is 42.1 Å². The lowest BCUT2D eigenvalue weighted by atomic mass is 9.81. The molecule has 0 unspecified atom stereocenters. The largest absolute Gasteiger partial charge is 0.387 e. The quantitative estimate of drug-likeness (QED) is 0.721. The van der Waals surface area contributed by atoms with Gasteiger partial charge in [-0.25, -0.2) is 0 Å². The summed E-state index contributed by atoms with van der Waals surface area (Å²) in [5.74, 6) is -1.57. The minimum Gasteiger partial charge on any atom is -0.387 e. The van der Waals surface area contributed by atoms with Gasteiger partial charge >= 0.3 is 0 Å². The van der Waals surface area contributed by atoms with E-state index in [1.807, 2.05) is 70.2 Å². The Bertz CT molecular complexity index is 1080. The van der Waals surface area contributed by atoms with Crippen LogP contribution < -0.4 is 0 Å². The molecule has 182 valence electrons. The monoisotopic (exact) mass is 468 g/mol. The summed E-state index contributed by atoms with van der Waals surface area (Å²) >= 11 is 0. The molecule has 1 N–H and O–H groups in total. The number of rotatable bonds is 3. The fraction of sp³-hybridized carbons (Fsp3) is 0.556. The minimum atomic E-state index is -0.926. The predicted molar refractivity (Wildman–Crippen MR) is 122 cm³/mol. The summed E-state index contributed by atoms with van der Waals surface area (Å²) in [6, 6.07) is 16.0. The Morgan fingerprint density at radius 2 is 1.15 bits per heavy atom. The summed E-state index contributed by atoms with van der Waals surface area (Å²) in [5, 5.41) is 11.5. The molecular formula is C27H32O7. The van der Waals surface area contributed by atoms with Crippen LogP contribution in [0.3, 0.4) is 0 Å². The third kappa shape index (κ3) is 3.45. The van der Waals surface area contributed by atoms with Gasteiger partial charge in [-0.1, -0.05) is 48.5 Å². The normalized spacial score (nSPS) is 39.1. The van der Waals surface area contributed by atoms with Crippen LogP contribution in [0.15, 0.2) is 48.5 Å². The SMILES string of the molecule is CO[C@H]1c2ccccc2[C@H]2OC(C)(C)O[C@H]2[C@@H]1O[C@H]1c2ccccc2[C@H]2OC(C)(C)O[C@H]2[C@@H]1O. The van der Waals surface area contributed by atoms with E-state index in [0.29, 0.717) is 0 Å². The molecule has 7 nitrogen and oxygen atoms in total. The molecule has 0 amide bonds. The van der Waals surface area contributed by atoms with Gasteiger partial charge < -0.3 is 33.5 Å². The first-order valence-corrected chi connectivity index (χ1v) is 11.9. The second kappa shape index (κ2) is 7.83. The van der Waals surface area contributed by atoms with Gasteiger partial charge in [0.1, 0.15) is 48.8 Å². The lowest BCUT2D eigenvalue weighted by Crippen LogP contribution is -2.48. The second-order valence-electron chi connectivity index (χ2n) is 10.5. The van der Waals surface area contributed by atoms with Crippen LogP contribution in [0.4, 0.5) is 0 Å². The van der Waals surface area contributed by atoms with Crippen molar-refractivity contribution in [2.24, 2.45) is 0 Å². The Kier molecular flexibility index (Phi) is 5.21. The number of fused-ring (bicyclic) bond motifs is 6. The van der Waals surface area contributed by atoms with Crippen LogP contribution in [0, 0.1) is 0 Å². The average Bonchev–Trinajstić information content (AvgIpc) is 3.31. The predicted octanol–water partition coefficient (Wildman–Crippen LogP) is 4.27. The number of methoxy groups -OCH3 is 1. The molecule has 2 fully saturated rings. The molecule has 2 aliphatic heterocycles. The van der Waals surface area contributed by atoms with Crippen molar-refractivity contribution in [3.8, 4) is 0 Å². The van der Waals surface area contributed by atoms with Gasteiger partial charge in [-0.15, -0.1) is 0 Å². The van der Waals surface area contributed by atoms with E-state index in [1.54, 1.807) is 7.11 Å². The van der Waals surface area contributed by atoms with Crippen LogP contribution in [-0.4, -0.2) is 48.2 Å². The van der Waals surface area contributed by atoms with E-state index in [1.165, 1.54) is 0 Å². The lowest BCUT2D eigenvalue weighted by Gasteiger charge is -2.43. The van der Waals surface area contributed by atoms with Crippen LogP contribution in [-0.2, 0) is 28.4 Å². The van der Waals surface area contributed by atoms with E-state index in [4.69, 9.17) is 28.4 Å². The van der Waals surface area contributed by atoms with E-state index in [2.05, 4.69) is 6.07 Å². The first-order chi connectivity index (χ1) is 16.2. The number of benzene rings is 2. The third-order valence-electron chi connectivity index (χ3n) is 7.30. The van der Waals surface area contributed by atoms with Crippen molar-refractivity contribution in [2.75, 3.05) is 7.11 Å². The summed E-state index contributed by atoms with van der Waals surface area (Å²) in [7, 11) is 1.68. The maximum absolute atomic E-state index is 11.5. The zero-order valence-electron chi connectivity index (χ0n) is 20.1. The highest BCUT2D eigenvalue weighted by molar-refractivity contribution is 5.39. The second-order valence-corrected chi connectivity index (χ2v) is 10.5. The first-order valence-electron chi connectivity index (χ1n) is 11.9. The first kappa shape index (κ1) is 22.6. The summed E-state index contributed by atoms with van der Waals surface area (Å²) < 4.78 is 37.8. The molecule has 2 saturated heterocycles. The molecule has 2 aromatic carbocycles. The van der Waals surface area contributed by atoms with Crippen LogP contribution in [0.5, 0.6) is 0 Å². The van der Waals surface area contributed by atoms with Gasteiger partial charge in [0.05, 0.1) is 0 Å². The maximum Gasteiger partial charge on any atom is 0.164 e. The molecule has 2 aromatic rings. The molecule has 2 aliphatic carbocycles. The van der Waals surface area contributed by atoms with E-state index in [0.717, 1.165) is 22.3 Å². The summed E-state index contributed by atoms with van der Waals surface area (Å²) in [5.41, 5.74) is 3.92. The van der Waals surface area contributed by atoms with E-state index in [9.17, 15) is 5.11 Å². The van der Waals surface area contributed by atoms with Gasteiger partial charge in [-0.2, -0.15) is 0 Å². The van der Waals surface area contributed by atoms with E-state index >= 15 is 0 Å². The van der Waals surface area contributed by atoms with Crippen LogP contribution in [0.2, 0.25) is 0 Å². The highest BCUT2D eigenvalue weighted by Gasteiger charge is 2.57. The van der Waals surface area contributed by atoms with Crippen molar-refractivity contribution in [1.82, 2.24) is 0 Å². The molecule has 0 aromatic heterocycles. The molecule has 2 heterocycles. The van der Waals surface area contributed by atoms with Gasteiger partial charge in [0.25, 0.3) is 0 Å². The zero-order chi connectivity index (χ0) is 23.8. The van der Waals surface area contributed by atoms with Gasteiger partial charge in [-0.05, 0) is 49.9 Å². The van der Waals surface area contributed by atoms with Crippen LogP contribution in [0.25, 0.3) is 0 Å². The molecule has 34 heavy (non-hydrogen) atoms. The Morgan fingerprint density at radius 3 is 1.71 bits per heavy atom. The molecule has 0 bridgehead atoms. The van der Waals surface area contributed by atoms with Crippen molar-refractivity contribution >= 4 is 0 Å². The lowest BCUT2D eigenvalue weighted by molar-refractivity contribution is -0.212. The number of ether oxygens (including phenoxy) is 6. The van der Waals surface area contributed by atoms with Crippen molar-refractivity contribution in [3.63, 3.8) is 0 Å². The molecule has 8 atom stereocenters. The molecule has 0 saturated carbocycles. The van der Waals surface area contributed by atoms with Crippen LogP contribution >= 0.6 is 0 Å². The average molecular weight is 469 g/mol. The maximum atomic E-state index is 11.5. The number of aliphatic hydroxyl groups is 1. The molecule has 0 radical (unpaired) electrons. The summed E-state index contributed by atoms with van der Waals surface area (Å²) in [6.45, 7) is 7.56. The Balaban J connectivity index is 1.41. The molecule has 7 heteroatoms. The minimum absolute atomic E-state index is 0.295. The Labute approximate surface area is 199 Å². The zero-order valence-corrected chi connectivity index (χ0v) is 20.1. The fourth-order valence-corrected chi connectivity index (χ4v) is 6.05. The highest BCUT2D eigenvalue weighted by Crippen LogP contribution is 2.53. The van der Waals surface area contributed by atoms with Gasteiger partial charge in [0, 0.05) is 7.11 Å². The van der Waals surface area contributed by atoms with Crippen molar-refractivity contribution in [1.29, 1.82) is 0 Å². The summed E-state index contributed by atoms with van der Waals surface area (Å²) in [4.78, 5) is 0. The van der Waals surface area contributed by atoms with E-state index in [-0.39, 0.29) is 18.3 Å². The topological polar surface area (TPSA) is 75.6 Å². The molecular weight excluding hydrogens is 436 g/mol. The van der Waals surface area contributed by atoms with Crippen molar-refractivity contribution in [3.05, 3.63) is 70.8 Å². The third-order valence-corrected chi connectivity index (χ3v) is 7.30. The Hall–Kier alpha value is -1.84. The highest BCUT2D eigenvalue weighted by atomic mass is 16.8. The van der Waals surface area contributed by atoms with Crippen molar-refractivity contribution < 1.29 is 33.5 Å². The smallest absolute Gasteiger partial charge is 0.164 e. The molecule has 0 spiro atoms. The van der Waals surface area contributed by atoms with Gasteiger partial charge in [0.2, 0.25) is 0 Å². The Morgan fingerprint density at radius 1 is 0.676 bits per heavy atom. The fourth-order valence-electron chi connectivity index (χ4n) is 6.05. The summed E-state index contributed by atoms with van der Waals surface area (Å²) in [6.07, 6.45) is -4.05. The standard InChI is InChI=1S/C27H32O7/c1-26(2)31-21-16-12-8-6-10-14(16)19(18(28)23(21)33-26)30-24-20(29-5)15-11-7-9-13-17(15)22-25(24)34-27(3,4)32-22/h6-13,18-25,28H,1-5H3/t18-,19+,20+,21-,22-,23+,24-,25-/m1/s1.